The average Bonchev–Trinajstić information content (AvgIpc) is 2.42. The summed E-state index contributed by atoms with van der Waals surface area (Å²) in [7, 11) is 0. The lowest BCUT2D eigenvalue weighted by Gasteiger charge is -2.43. The molecule has 0 saturated carbocycles. The molecule has 9 nitrogen and oxygen atoms in total. The van der Waals surface area contributed by atoms with Gasteiger partial charge >= 0.3 is 23.9 Å². The molecule has 2 unspecified atom stereocenters. The van der Waals surface area contributed by atoms with Gasteiger partial charge in [-0.2, -0.15) is 0 Å². The first-order valence-corrected chi connectivity index (χ1v) is 7.42. The molecule has 1 rings (SSSR count). The number of ether oxygens (including phenoxy) is 5. The first kappa shape index (κ1) is 19.9. The summed E-state index contributed by atoms with van der Waals surface area (Å²) in [4.78, 5) is 45.0. The van der Waals surface area contributed by atoms with Crippen molar-refractivity contribution in [1.82, 2.24) is 0 Å². The second-order valence-electron chi connectivity index (χ2n) is 5.46. The molecule has 9 heteroatoms. The Morgan fingerprint density at radius 2 is 1.29 bits per heavy atom. The summed E-state index contributed by atoms with van der Waals surface area (Å²) >= 11 is 0. The zero-order chi connectivity index (χ0) is 18.4. The highest BCUT2D eigenvalue weighted by Gasteiger charge is 2.49. The minimum atomic E-state index is -1.20. The van der Waals surface area contributed by atoms with Crippen LogP contribution in [-0.2, 0) is 42.9 Å². The van der Waals surface area contributed by atoms with E-state index in [9.17, 15) is 19.2 Å². The predicted octanol–water partition coefficient (Wildman–Crippen LogP) is 0.337. The van der Waals surface area contributed by atoms with E-state index in [0.29, 0.717) is 0 Å². The lowest BCUT2D eigenvalue weighted by molar-refractivity contribution is -0.285. The number of carbonyl (C=O) groups is 4. The highest BCUT2D eigenvalue weighted by atomic mass is 16.7. The molecule has 1 saturated heterocycles. The van der Waals surface area contributed by atoms with Gasteiger partial charge in [-0.25, -0.2) is 0 Å². The molecule has 0 aromatic heterocycles. The monoisotopic (exact) mass is 346 g/mol. The molecule has 1 heterocycles. The van der Waals surface area contributed by atoms with E-state index in [4.69, 9.17) is 23.7 Å². The molecule has 0 amide bonds. The molecule has 0 aromatic rings. The van der Waals surface area contributed by atoms with Gasteiger partial charge in [-0.1, -0.05) is 6.92 Å². The fourth-order valence-corrected chi connectivity index (χ4v) is 2.42. The molecule has 1 aliphatic heterocycles. The molecule has 0 bridgehead atoms. The van der Waals surface area contributed by atoms with Crippen LogP contribution in [0.1, 0.15) is 34.6 Å². The van der Waals surface area contributed by atoms with E-state index in [0.717, 1.165) is 0 Å². The van der Waals surface area contributed by atoms with Gasteiger partial charge in [-0.3, -0.25) is 19.2 Å². The maximum atomic E-state index is 11.4. The Bertz CT molecular complexity index is 499. The molecule has 5 atom stereocenters. The highest BCUT2D eigenvalue weighted by Crippen LogP contribution is 2.31. The van der Waals surface area contributed by atoms with Crippen molar-refractivity contribution in [3.63, 3.8) is 0 Å². The average molecular weight is 346 g/mol. The van der Waals surface area contributed by atoms with Gasteiger partial charge in [0.05, 0.1) is 0 Å². The molecule has 0 spiro atoms. The van der Waals surface area contributed by atoms with Gasteiger partial charge < -0.3 is 23.7 Å². The van der Waals surface area contributed by atoms with E-state index in [1.807, 2.05) is 0 Å². The van der Waals surface area contributed by atoms with E-state index in [1.165, 1.54) is 27.7 Å². The van der Waals surface area contributed by atoms with Crippen molar-refractivity contribution in [3.05, 3.63) is 0 Å². The quantitative estimate of drug-likeness (QED) is 0.513. The first-order valence-electron chi connectivity index (χ1n) is 7.42. The molecule has 1 fully saturated rings. The van der Waals surface area contributed by atoms with E-state index < -0.39 is 54.4 Å². The zero-order valence-electron chi connectivity index (χ0n) is 14.3. The van der Waals surface area contributed by atoms with Gasteiger partial charge in [-0.15, -0.1) is 0 Å². The number of esters is 4. The number of carbonyl (C=O) groups excluding carboxylic acids is 4. The number of hydrogen-bond acceptors (Lipinski definition) is 9. The zero-order valence-corrected chi connectivity index (χ0v) is 14.3. The van der Waals surface area contributed by atoms with Crippen LogP contribution in [-0.4, -0.2) is 55.1 Å². The smallest absolute Gasteiger partial charge is 0.305 e. The minimum Gasteiger partial charge on any atom is -0.463 e. The fourth-order valence-electron chi connectivity index (χ4n) is 2.42. The van der Waals surface area contributed by atoms with Crippen molar-refractivity contribution in [1.29, 1.82) is 0 Å². The third-order valence-electron chi connectivity index (χ3n) is 3.32. The van der Waals surface area contributed by atoms with Crippen LogP contribution in [0.5, 0.6) is 0 Å². The minimum absolute atomic E-state index is 0.206. The van der Waals surface area contributed by atoms with Gasteiger partial charge in [0.1, 0.15) is 18.8 Å². The Morgan fingerprint density at radius 1 is 0.792 bits per heavy atom. The third-order valence-corrected chi connectivity index (χ3v) is 3.32. The van der Waals surface area contributed by atoms with Gasteiger partial charge in [0.15, 0.2) is 6.10 Å². The van der Waals surface area contributed by atoms with Crippen LogP contribution in [0.2, 0.25) is 0 Å². The fraction of sp³-hybridized carbons (Fsp3) is 0.733. The Kier molecular flexibility index (Phi) is 7.15. The normalized spacial score (nSPS) is 29.3. The third kappa shape index (κ3) is 5.80. The first-order chi connectivity index (χ1) is 11.1. The van der Waals surface area contributed by atoms with Crippen LogP contribution in [0.4, 0.5) is 0 Å². The van der Waals surface area contributed by atoms with E-state index in [1.54, 1.807) is 6.92 Å². The standard InChI is InChI=1S/C15H22O9/c1-7-13(21-9(3)17)12(6-20-8(2)16)24-15(23-11(5)19)14(7)22-10(4)18/h7,12-15H,6H2,1-5H3/t7-,12?,13+,14?,15+/m0/s1. The summed E-state index contributed by atoms with van der Waals surface area (Å²) in [5.41, 5.74) is 0. The molecule has 24 heavy (non-hydrogen) atoms. The summed E-state index contributed by atoms with van der Waals surface area (Å²) in [6.07, 6.45) is -3.89. The summed E-state index contributed by atoms with van der Waals surface area (Å²) in [6, 6.07) is 0. The van der Waals surface area contributed by atoms with Crippen molar-refractivity contribution < 1.29 is 42.9 Å². The van der Waals surface area contributed by atoms with Crippen LogP contribution in [0.3, 0.4) is 0 Å². The van der Waals surface area contributed by atoms with Crippen molar-refractivity contribution in [3.8, 4) is 0 Å². The Hall–Kier alpha value is -2.16. The summed E-state index contributed by atoms with van der Waals surface area (Å²) < 4.78 is 25.9. The van der Waals surface area contributed by atoms with E-state index in [2.05, 4.69) is 0 Å². The molecular weight excluding hydrogens is 324 g/mol. The lowest BCUT2D eigenvalue weighted by atomic mass is 9.90. The van der Waals surface area contributed by atoms with Crippen LogP contribution in [0.15, 0.2) is 0 Å². The SMILES string of the molecule is CC(=O)OCC1O[C@@H](OC(C)=O)C(OC(C)=O)[C@@H](C)[C@H]1OC(C)=O. The van der Waals surface area contributed by atoms with E-state index in [-0.39, 0.29) is 6.61 Å². The summed E-state index contributed by atoms with van der Waals surface area (Å²) in [5.74, 6) is -2.92. The van der Waals surface area contributed by atoms with Crippen LogP contribution in [0, 0.1) is 5.92 Å². The molecule has 0 aliphatic carbocycles. The summed E-state index contributed by atoms with van der Waals surface area (Å²) in [5, 5.41) is 0. The Labute approximate surface area is 139 Å². The van der Waals surface area contributed by atoms with Crippen molar-refractivity contribution in [2.24, 2.45) is 5.92 Å². The molecule has 0 radical (unpaired) electrons. The van der Waals surface area contributed by atoms with Gasteiger partial charge in [0, 0.05) is 33.6 Å². The summed E-state index contributed by atoms with van der Waals surface area (Å²) in [6.45, 7) is 6.26. The molecular formula is C15H22O9. The number of rotatable bonds is 5. The second-order valence-corrected chi connectivity index (χ2v) is 5.46. The van der Waals surface area contributed by atoms with Crippen molar-refractivity contribution in [2.45, 2.75) is 59.2 Å². The van der Waals surface area contributed by atoms with Crippen molar-refractivity contribution in [2.75, 3.05) is 6.61 Å². The van der Waals surface area contributed by atoms with E-state index >= 15 is 0 Å². The Morgan fingerprint density at radius 3 is 1.75 bits per heavy atom. The highest BCUT2D eigenvalue weighted by molar-refractivity contribution is 5.68. The maximum Gasteiger partial charge on any atom is 0.305 e. The topological polar surface area (TPSA) is 114 Å². The molecule has 0 aromatic carbocycles. The van der Waals surface area contributed by atoms with Gasteiger partial charge in [0.25, 0.3) is 0 Å². The second kappa shape index (κ2) is 8.62. The van der Waals surface area contributed by atoms with Crippen LogP contribution < -0.4 is 0 Å². The largest absolute Gasteiger partial charge is 0.463 e. The van der Waals surface area contributed by atoms with Crippen LogP contribution in [0.25, 0.3) is 0 Å². The molecule has 0 N–H and O–H groups in total. The molecule has 136 valence electrons. The van der Waals surface area contributed by atoms with Crippen LogP contribution >= 0.6 is 0 Å². The Balaban J connectivity index is 3.04. The lowest BCUT2D eigenvalue weighted by Crippen LogP contribution is -2.58. The maximum absolute atomic E-state index is 11.4. The number of hydrogen-bond donors (Lipinski definition) is 0. The van der Waals surface area contributed by atoms with Gasteiger partial charge in [-0.05, 0) is 0 Å². The molecule has 1 aliphatic rings. The predicted molar refractivity (Wildman–Crippen MR) is 77.3 cm³/mol. The van der Waals surface area contributed by atoms with Crippen molar-refractivity contribution >= 4 is 23.9 Å². The van der Waals surface area contributed by atoms with Gasteiger partial charge in [0.2, 0.25) is 6.29 Å².